The van der Waals surface area contributed by atoms with Crippen molar-refractivity contribution in [2.75, 3.05) is 6.54 Å². The van der Waals surface area contributed by atoms with E-state index in [0.717, 1.165) is 25.3 Å². The van der Waals surface area contributed by atoms with Crippen molar-refractivity contribution < 1.29 is 4.79 Å². The third-order valence-electron chi connectivity index (χ3n) is 2.42. The molecule has 2 aliphatic carbocycles. The molecule has 0 aliphatic heterocycles. The van der Waals surface area contributed by atoms with Gasteiger partial charge in [-0.2, -0.15) is 0 Å². The standard InChI is InChI=1S/C8H14N2O/c9-8(11)10(7-3-4-7)5-6-1-2-6/h6-7H,1-5H2,(H2,9,11). The number of nitrogens with zero attached hydrogens (tertiary/aromatic N) is 1. The molecular formula is C8H14N2O. The maximum Gasteiger partial charge on any atom is 0.315 e. The van der Waals surface area contributed by atoms with E-state index in [-0.39, 0.29) is 6.03 Å². The van der Waals surface area contributed by atoms with Crippen LogP contribution >= 0.6 is 0 Å². The molecule has 3 nitrogen and oxygen atoms in total. The van der Waals surface area contributed by atoms with Crippen LogP contribution in [0, 0.1) is 5.92 Å². The van der Waals surface area contributed by atoms with Crippen molar-refractivity contribution in [1.82, 2.24) is 4.90 Å². The van der Waals surface area contributed by atoms with E-state index >= 15 is 0 Å². The number of amides is 2. The topological polar surface area (TPSA) is 46.3 Å². The molecule has 2 amide bonds. The number of nitrogens with two attached hydrogens (primary N) is 1. The van der Waals surface area contributed by atoms with Crippen molar-refractivity contribution in [1.29, 1.82) is 0 Å². The average molecular weight is 154 g/mol. The molecule has 0 unspecified atom stereocenters. The van der Waals surface area contributed by atoms with Gasteiger partial charge in [-0.3, -0.25) is 0 Å². The van der Waals surface area contributed by atoms with Crippen LogP contribution < -0.4 is 5.73 Å². The summed E-state index contributed by atoms with van der Waals surface area (Å²) in [6.45, 7) is 0.917. The molecular weight excluding hydrogens is 140 g/mol. The first-order valence-corrected chi connectivity index (χ1v) is 4.33. The van der Waals surface area contributed by atoms with Gasteiger partial charge in [-0.15, -0.1) is 0 Å². The summed E-state index contributed by atoms with van der Waals surface area (Å²) in [5, 5.41) is 0. The van der Waals surface area contributed by atoms with Crippen LogP contribution in [0.25, 0.3) is 0 Å². The average Bonchev–Trinajstić information content (AvgIpc) is 2.78. The van der Waals surface area contributed by atoms with E-state index in [9.17, 15) is 4.79 Å². The summed E-state index contributed by atoms with van der Waals surface area (Å²) in [4.78, 5) is 12.7. The zero-order valence-corrected chi connectivity index (χ0v) is 6.62. The fraction of sp³-hybridized carbons (Fsp3) is 0.875. The summed E-state index contributed by atoms with van der Waals surface area (Å²) < 4.78 is 0. The number of primary amides is 1. The highest BCUT2D eigenvalue weighted by atomic mass is 16.2. The monoisotopic (exact) mass is 154 g/mol. The second-order valence-corrected chi connectivity index (χ2v) is 3.67. The lowest BCUT2D eigenvalue weighted by atomic mass is 10.4. The van der Waals surface area contributed by atoms with E-state index in [1.165, 1.54) is 12.8 Å². The SMILES string of the molecule is NC(=O)N(CC1CC1)C1CC1. The molecule has 11 heavy (non-hydrogen) atoms. The fourth-order valence-corrected chi connectivity index (χ4v) is 1.38. The molecule has 2 saturated carbocycles. The molecule has 0 saturated heterocycles. The van der Waals surface area contributed by atoms with Gasteiger partial charge in [-0.25, -0.2) is 4.79 Å². The molecule has 0 spiro atoms. The highest BCUT2D eigenvalue weighted by Gasteiger charge is 2.35. The summed E-state index contributed by atoms with van der Waals surface area (Å²) in [6, 6.07) is 0.271. The van der Waals surface area contributed by atoms with E-state index in [0.29, 0.717) is 6.04 Å². The molecule has 0 aromatic heterocycles. The molecule has 0 radical (unpaired) electrons. The lowest BCUT2D eigenvalue weighted by molar-refractivity contribution is 0.202. The first-order chi connectivity index (χ1) is 5.27. The molecule has 0 bridgehead atoms. The Kier molecular flexibility index (Phi) is 1.51. The van der Waals surface area contributed by atoms with Crippen LogP contribution in [0.1, 0.15) is 25.7 Å². The molecule has 0 atom stereocenters. The van der Waals surface area contributed by atoms with Gasteiger partial charge in [0, 0.05) is 12.6 Å². The molecule has 0 aromatic carbocycles. The molecule has 3 heteroatoms. The van der Waals surface area contributed by atoms with Crippen molar-refractivity contribution >= 4 is 6.03 Å². The van der Waals surface area contributed by atoms with Gasteiger partial charge < -0.3 is 10.6 Å². The Labute approximate surface area is 66.5 Å². The van der Waals surface area contributed by atoms with Crippen LogP contribution in [0.4, 0.5) is 4.79 Å². The number of hydrogen-bond acceptors (Lipinski definition) is 1. The fourth-order valence-electron chi connectivity index (χ4n) is 1.38. The molecule has 0 heterocycles. The van der Waals surface area contributed by atoms with E-state index in [4.69, 9.17) is 5.73 Å². The summed E-state index contributed by atoms with van der Waals surface area (Å²) in [5.74, 6) is 0.767. The smallest absolute Gasteiger partial charge is 0.315 e. The Morgan fingerprint density at radius 2 is 2.00 bits per heavy atom. The molecule has 2 aliphatic rings. The Morgan fingerprint density at radius 1 is 1.36 bits per heavy atom. The van der Waals surface area contributed by atoms with Crippen LogP contribution in [0.15, 0.2) is 0 Å². The van der Waals surface area contributed by atoms with Gasteiger partial charge in [0.1, 0.15) is 0 Å². The first-order valence-electron chi connectivity index (χ1n) is 4.33. The Balaban J connectivity index is 1.85. The largest absolute Gasteiger partial charge is 0.351 e. The van der Waals surface area contributed by atoms with Crippen molar-refractivity contribution in [3.8, 4) is 0 Å². The maximum atomic E-state index is 10.9. The minimum atomic E-state index is -0.223. The van der Waals surface area contributed by atoms with Gasteiger partial charge in [-0.05, 0) is 31.6 Å². The quantitative estimate of drug-likeness (QED) is 0.646. The number of carbonyl (C=O) groups is 1. The molecule has 62 valence electrons. The number of rotatable bonds is 3. The second kappa shape index (κ2) is 2.40. The highest BCUT2D eigenvalue weighted by molar-refractivity contribution is 5.72. The normalized spacial score (nSPS) is 23.3. The number of hydrogen-bond donors (Lipinski definition) is 1. The zero-order chi connectivity index (χ0) is 7.84. The van der Waals surface area contributed by atoms with Crippen molar-refractivity contribution in [2.45, 2.75) is 31.7 Å². The third-order valence-corrected chi connectivity index (χ3v) is 2.42. The van der Waals surface area contributed by atoms with Crippen LogP contribution in [-0.4, -0.2) is 23.5 Å². The van der Waals surface area contributed by atoms with Gasteiger partial charge in [-0.1, -0.05) is 0 Å². The Morgan fingerprint density at radius 3 is 2.36 bits per heavy atom. The highest BCUT2D eigenvalue weighted by Crippen LogP contribution is 2.34. The lowest BCUT2D eigenvalue weighted by Crippen LogP contribution is -2.38. The van der Waals surface area contributed by atoms with Crippen LogP contribution in [-0.2, 0) is 0 Å². The van der Waals surface area contributed by atoms with Gasteiger partial charge in [0.15, 0.2) is 0 Å². The number of urea groups is 1. The summed E-state index contributed by atoms with van der Waals surface area (Å²) >= 11 is 0. The van der Waals surface area contributed by atoms with Gasteiger partial charge in [0.25, 0.3) is 0 Å². The van der Waals surface area contributed by atoms with Gasteiger partial charge in [0.2, 0.25) is 0 Å². The molecule has 2 N–H and O–H groups in total. The lowest BCUT2D eigenvalue weighted by Gasteiger charge is -2.18. The van der Waals surface area contributed by atoms with Crippen molar-refractivity contribution in [3.05, 3.63) is 0 Å². The van der Waals surface area contributed by atoms with E-state index in [1.807, 2.05) is 4.90 Å². The summed E-state index contributed by atoms with van der Waals surface area (Å²) in [5.41, 5.74) is 5.24. The van der Waals surface area contributed by atoms with Crippen LogP contribution in [0.2, 0.25) is 0 Å². The Hall–Kier alpha value is -0.730. The third kappa shape index (κ3) is 1.64. The van der Waals surface area contributed by atoms with Crippen LogP contribution in [0.3, 0.4) is 0 Å². The maximum absolute atomic E-state index is 10.9. The van der Waals surface area contributed by atoms with Gasteiger partial charge >= 0.3 is 6.03 Å². The molecule has 2 rings (SSSR count). The number of carbonyl (C=O) groups excluding carboxylic acids is 1. The van der Waals surface area contributed by atoms with Crippen molar-refractivity contribution in [3.63, 3.8) is 0 Å². The Bertz CT molecular complexity index is 173. The van der Waals surface area contributed by atoms with E-state index < -0.39 is 0 Å². The zero-order valence-electron chi connectivity index (χ0n) is 6.62. The predicted octanol–water partition coefficient (Wildman–Crippen LogP) is 0.940. The minimum Gasteiger partial charge on any atom is -0.351 e. The van der Waals surface area contributed by atoms with Gasteiger partial charge in [0.05, 0.1) is 0 Å². The summed E-state index contributed by atoms with van der Waals surface area (Å²) in [7, 11) is 0. The van der Waals surface area contributed by atoms with Crippen molar-refractivity contribution in [2.24, 2.45) is 11.7 Å². The van der Waals surface area contributed by atoms with E-state index in [2.05, 4.69) is 0 Å². The predicted molar refractivity (Wildman–Crippen MR) is 42.0 cm³/mol. The summed E-state index contributed by atoms with van der Waals surface area (Å²) in [6.07, 6.45) is 4.90. The van der Waals surface area contributed by atoms with E-state index in [1.54, 1.807) is 0 Å². The molecule has 2 fully saturated rings. The molecule has 0 aromatic rings. The first kappa shape index (κ1) is 6.95. The van der Waals surface area contributed by atoms with Crippen LogP contribution in [0.5, 0.6) is 0 Å². The minimum absolute atomic E-state index is 0.223. The second-order valence-electron chi connectivity index (χ2n) is 3.67.